The second-order valence-corrected chi connectivity index (χ2v) is 6.90. The molecule has 2 nitrogen and oxygen atoms in total. The first-order chi connectivity index (χ1) is 14.8. The third kappa shape index (κ3) is 2.59. The largest absolute Gasteiger partial charge is 0.452 e. The molecule has 136 valence electrons. The molecule has 0 bridgehead atoms. The van der Waals surface area contributed by atoms with Crippen molar-refractivity contribution in [2.75, 3.05) is 0 Å². The smallest absolute Gasteiger partial charge is 0.171 e. The molecule has 0 aliphatic heterocycles. The van der Waals surface area contributed by atoms with E-state index in [1.54, 1.807) is 42.5 Å². The summed E-state index contributed by atoms with van der Waals surface area (Å²) in [4.78, 5) is 4.44. The van der Waals surface area contributed by atoms with Crippen molar-refractivity contribution in [3.63, 3.8) is 0 Å². The number of hydrogen-bond donors (Lipinski definition) is 0. The van der Waals surface area contributed by atoms with Crippen LogP contribution in [0.2, 0.25) is 5.02 Å². The Hall–Kier alpha value is -3.17. The fourth-order valence-electron chi connectivity index (χ4n) is 3.50. The first kappa shape index (κ1) is 13.9. The summed E-state index contributed by atoms with van der Waals surface area (Å²) in [7, 11) is 0. The molecular weight excluding hydrogens is 373 g/mol. The minimum absolute atomic E-state index is 0.187. The second kappa shape index (κ2) is 6.47. The average Bonchev–Trinajstić information content (AvgIpc) is 3.14. The summed E-state index contributed by atoms with van der Waals surface area (Å²) in [6, 6.07) is 18.8. The molecule has 5 rings (SSSR count). The monoisotopic (exact) mass is 390 g/mol. The molecule has 0 aliphatic rings. The Morgan fingerprint density at radius 3 is 2.50 bits per heavy atom. The maximum atomic E-state index is 14.3. The van der Waals surface area contributed by atoms with E-state index in [2.05, 4.69) is 4.98 Å². The molecule has 0 aliphatic carbocycles. The molecule has 2 aromatic heterocycles. The SMILES string of the molecule is [2H]C([2H])([2H])c1ccccc1-c1cc(-c2cccc3c2oc2c(F)cccc23)ncc1Cl. The third-order valence-electron chi connectivity index (χ3n) is 4.82. The van der Waals surface area contributed by atoms with Gasteiger partial charge in [0.2, 0.25) is 0 Å². The van der Waals surface area contributed by atoms with Gasteiger partial charge in [-0.2, -0.15) is 0 Å². The number of fused-ring (bicyclic) bond motifs is 3. The van der Waals surface area contributed by atoms with Crippen molar-refractivity contribution in [3.8, 4) is 22.4 Å². The zero-order valence-electron chi connectivity index (χ0n) is 17.5. The van der Waals surface area contributed by atoms with E-state index < -0.39 is 12.7 Å². The molecule has 0 spiro atoms. The molecule has 0 N–H and O–H groups in total. The number of nitrogens with zero attached hydrogens (tertiary/aromatic N) is 1. The van der Waals surface area contributed by atoms with Gasteiger partial charge in [-0.3, -0.25) is 4.98 Å². The lowest BCUT2D eigenvalue weighted by molar-refractivity contribution is 0.584. The molecule has 0 unspecified atom stereocenters. The minimum atomic E-state index is -2.29. The highest BCUT2D eigenvalue weighted by Crippen LogP contribution is 2.38. The number of furan rings is 1. The van der Waals surface area contributed by atoms with Crippen molar-refractivity contribution in [1.29, 1.82) is 0 Å². The molecule has 5 aromatic rings. The molecule has 0 amide bonds. The first-order valence-electron chi connectivity index (χ1n) is 10.2. The van der Waals surface area contributed by atoms with Crippen molar-refractivity contribution >= 4 is 33.5 Å². The van der Waals surface area contributed by atoms with Crippen LogP contribution in [-0.2, 0) is 0 Å². The summed E-state index contributed by atoms with van der Waals surface area (Å²) in [5.74, 6) is -0.434. The molecule has 0 fully saturated rings. The van der Waals surface area contributed by atoms with Crippen molar-refractivity contribution in [3.05, 3.63) is 89.3 Å². The first-order valence-corrected chi connectivity index (χ1v) is 9.08. The van der Waals surface area contributed by atoms with Gasteiger partial charge in [-0.15, -0.1) is 0 Å². The Balaban J connectivity index is 1.76. The summed E-state index contributed by atoms with van der Waals surface area (Å²) in [6.07, 6.45) is 1.49. The average molecular weight is 391 g/mol. The lowest BCUT2D eigenvalue weighted by atomic mass is 9.99. The Bertz CT molecular complexity index is 1460. The molecule has 0 atom stereocenters. The maximum Gasteiger partial charge on any atom is 0.171 e. The van der Waals surface area contributed by atoms with Crippen LogP contribution in [0.3, 0.4) is 0 Å². The molecule has 0 saturated carbocycles. The van der Waals surface area contributed by atoms with Crippen molar-refractivity contribution < 1.29 is 12.9 Å². The highest BCUT2D eigenvalue weighted by molar-refractivity contribution is 6.33. The van der Waals surface area contributed by atoms with Gasteiger partial charge in [0.05, 0.1) is 10.7 Å². The van der Waals surface area contributed by atoms with Gasteiger partial charge in [-0.25, -0.2) is 4.39 Å². The van der Waals surface area contributed by atoms with E-state index in [4.69, 9.17) is 20.1 Å². The van der Waals surface area contributed by atoms with Crippen LogP contribution in [-0.4, -0.2) is 4.98 Å². The molecule has 4 heteroatoms. The molecular formula is C24H15ClFNO. The highest BCUT2D eigenvalue weighted by atomic mass is 35.5. The van der Waals surface area contributed by atoms with Gasteiger partial charge in [0.15, 0.2) is 11.4 Å². The van der Waals surface area contributed by atoms with Crippen molar-refractivity contribution in [2.45, 2.75) is 6.85 Å². The van der Waals surface area contributed by atoms with Gasteiger partial charge >= 0.3 is 0 Å². The number of hydrogen-bond acceptors (Lipinski definition) is 2. The van der Waals surface area contributed by atoms with Crippen LogP contribution >= 0.6 is 11.6 Å². The van der Waals surface area contributed by atoms with Crippen LogP contribution in [0.15, 0.2) is 77.3 Å². The number of benzene rings is 3. The fourth-order valence-corrected chi connectivity index (χ4v) is 3.70. The maximum absolute atomic E-state index is 14.3. The Morgan fingerprint density at radius 2 is 1.64 bits per heavy atom. The van der Waals surface area contributed by atoms with Crippen LogP contribution in [0, 0.1) is 12.7 Å². The van der Waals surface area contributed by atoms with Gasteiger partial charge < -0.3 is 4.42 Å². The predicted molar refractivity (Wildman–Crippen MR) is 112 cm³/mol. The van der Waals surface area contributed by atoms with E-state index in [0.29, 0.717) is 38.4 Å². The molecule has 2 heterocycles. The standard InChI is InChI=1S/C24H15ClFNO/c1-14-6-2-3-7-15(14)19-12-22(27-13-20(19)25)18-10-4-8-16-17-9-5-11-21(26)24(17)28-23(16)18/h2-13H,1H3/i1D3. The van der Waals surface area contributed by atoms with Gasteiger partial charge in [0.25, 0.3) is 0 Å². The van der Waals surface area contributed by atoms with Crippen molar-refractivity contribution in [1.82, 2.24) is 4.98 Å². The van der Waals surface area contributed by atoms with E-state index >= 15 is 0 Å². The van der Waals surface area contributed by atoms with Crippen LogP contribution in [0.1, 0.15) is 9.68 Å². The number of halogens is 2. The van der Waals surface area contributed by atoms with Crippen LogP contribution in [0.5, 0.6) is 0 Å². The number of para-hydroxylation sites is 2. The van der Waals surface area contributed by atoms with Crippen molar-refractivity contribution in [2.24, 2.45) is 0 Å². The van der Waals surface area contributed by atoms with Gasteiger partial charge in [-0.1, -0.05) is 60.1 Å². The van der Waals surface area contributed by atoms with Crippen LogP contribution in [0.4, 0.5) is 4.39 Å². The highest BCUT2D eigenvalue weighted by Gasteiger charge is 2.16. The zero-order chi connectivity index (χ0) is 21.8. The molecule has 0 radical (unpaired) electrons. The second-order valence-electron chi connectivity index (χ2n) is 6.50. The van der Waals surface area contributed by atoms with E-state index in [1.165, 1.54) is 12.3 Å². The van der Waals surface area contributed by atoms with E-state index in [1.807, 2.05) is 18.2 Å². The number of rotatable bonds is 2. The summed E-state index contributed by atoms with van der Waals surface area (Å²) in [5, 5.41) is 1.79. The zero-order valence-corrected chi connectivity index (χ0v) is 15.3. The molecule has 0 saturated heterocycles. The van der Waals surface area contributed by atoms with E-state index in [-0.39, 0.29) is 11.1 Å². The van der Waals surface area contributed by atoms with Gasteiger partial charge in [0.1, 0.15) is 5.58 Å². The van der Waals surface area contributed by atoms with Crippen LogP contribution < -0.4 is 0 Å². The number of pyridine rings is 1. The summed E-state index contributed by atoms with van der Waals surface area (Å²) in [5.41, 5.74) is 3.18. The topological polar surface area (TPSA) is 26.0 Å². The lowest BCUT2D eigenvalue weighted by Gasteiger charge is -2.10. The summed E-state index contributed by atoms with van der Waals surface area (Å²) >= 11 is 6.42. The summed E-state index contributed by atoms with van der Waals surface area (Å²) in [6.45, 7) is -2.29. The Labute approximate surface area is 170 Å². The third-order valence-corrected chi connectivity index (χ3v) is 5.13. The molecule has 3 aromatic carbocycles. The Kier molecular flexibility index (Phi) is 3.21. The van der Waals surface area contributed by atoms with Gasteiger partial charge in [0, 0.05) is 32.2 Å². The summed E-state index contributed by atoms with van der Waals surface area (Å²) < 4.78 is 43.8. The van der Waals surface area contributed by atoms with Crippen LogP contribution in [0.25, 0.3) is 44.3 Å². The number of aryl methyl sites for hydroxylation is 1. The minimum Gasteiger partial charge on any atom is -0.452 e. The lowest BCUT2D eigenvalue weighted by Crippen LogP contribution is -1.89. The van der Waals surface area contributed by atoms with Gasteiger partial charge in [-0.05, 0) is 36.2 Å². The van der Waals surface area contributed by atoms with E-state index in [9.17, 15) is 4.39 Å². The Morgan fingerprint density at radius 1 is 0.893 bits per heavy atom. The molecule has 28 heavy (non-hydrogen) atoms. The normalized spacial score (nSPS) is 13.4. The predicted octanol–water partition coefficient (Wildman–Crippen LogP) is 7.42. The quantitative estimate of drug-likeness (QED) is 0.313. The van der Waals surface area contributed by atoms with E-state index in [0.717, 1.165) is 5.39 Å². The number of aromatic nitrogens is 1. The fraction of sp³-hybridized carbons (Fsp3) is 0.0417.